The summed E-state index contributed by atoms with van der Waals surface area (Å²) in [5.41, 5.74) is 3.65. The number of rotatable bonds is 2. The highest BCUT2D eigenvalue weighted by molar-refractivity contribution is 6.16. The van der Waals surface area contributed by atoms with E-state index in [0.29, 0.717) is 22.4 Å². The first kappa shape index (κ1) is 21.9. The van der Waals surface area contributed by atoms with Crippen molar-refractivity contribution in [1.29, 1.82) is 0 Å². The molecule has 0 bridgehead atoms. The molecule has 2 unspecified atom stereocenters. The van der Waals surface area contributed by atoms with Crippen LogP contribution in [0.1, 0.15) is 44.4 Å². The van der Waals surface area contributed by atoms with Crippen molar-refractivity contribution in [1.82, 2.24) is 4.90 Å². The van der Waals surface area contributed by atoms with E-state index >= 15 is 0 Å². The van der Waals surface area contributed by atoms with E-state index in [2.05, 4.69) is 0 Å². The SMILES string of the molecule is COC(=O)C1=C(C(=O)OC)C2(Oc3c(C)c(C)cc(C)c3C2=O)OC2c3ccccc3C=CN12. The molecule has 0 N–H and O–H groups in total. The minimum Gasteiger partial charge on any atom is -0.465 e. The van der Waals surface area contributed by atoms with Crippen LogP contribution in [-0.2, 0) is 23.8 Å². The number of ether oxygens (including phenoxy) is 4. The molecule has 174 valence electrons. The third-order valence-electron chi connectivity index (χ3n) is 6.56. The molecule has 8 heteroatoms. The van der Waals surface area contributed by atoms with Crippen LogP contribution in [0.4, 0.5) is 0 Å². The molecule has 0 amide bonds. The molecule has 2 aromatic rings. The minimum absolute atomic E-state index is 0.176. The number of Topliss-reactive ketones (excluding diaryl/α,β-unsaturated/α-hetero) is 1. The number of nitrogens with zero attached hydrogens (tertiary/aromatic N) is 1. The van der Waals surface area contributed by atoms with Gasteiger partial charge < -0.3 is 23.8 Å². The normalized spacial score (nSPS) is 22.2. The topological polar surface area (TPSA) is 91.4 Å². The molecular weight excluding hydrogens is 438 g/mol. The van der Waals surface area contributed by atoms with Gasteiger partial charge in [0.2, 0.25) is 5.78 Å². The molecule has 2 atom stereocenters. The standard InChI is InChI=1S/C26H23NO7/c1-13-12-14(2)18-21(15(13)3)33-26(22(18)28)19(24(29)31-4)20(25(30)32-5)27-11-10-16-8-6-7-9-17(16)23(27)34-26/h6-12,23H,1-5H3. The Morgan fingerprint density at radius 2 is 1.74 bits per heavy atom. The van der Waals surface area contributed by atoms with E-state index in [1.807, 2.05) is 44.2 Å². The van der Waals surface area contributed by atoms with Gasteiger partial charge in [-0.2, -0.15) is 0 Å². The molecule has 0 saturated carbocycles. The first-order valence-corrected chi connectivity index (χ1v) is 10.7. The fraction of sp³-hybridized carbons (Fsp3) is 0.269. The predicted octanol–water partition coefficient (Wildman–Crippen LogP) is 3.50. The Balaban J connectivity index is 1.84. The number of carbonyl (C=O) groups is 3. The van der Waals surface area contributed by atoms with Gasteiger partial charge in [-0.25, -0.2) is 9.59 Å². The summed E-state index contributed by atoms with van der Waals surface area (Å²) in [6, 6.07) is 9.30. The molecule has 2 aromatic carbocycles. The maximum Gasteiger partial charge on any atom is 0.355 e. The van der Waals surface area contributed by atoms with Gasteiger partial charge in [0.25, 0.3) is 0 Å². The van der Waals surface area contributed by atoms with Crippen molar-refractivity contribution < 1.29 is 33.3 Å². The molecule has 0 saturated heterocycles. The van der Waals surface area contributed by atoms with Crippen molar-refractivity contribution in [3.63, 3.8) is 0 Å². The molecule has 3 aliphatic rings. The summed E-state index contributed by atoms with van der Waals surface area (Å²) in [4.78, 5) is 41.8. The van der Waals surface area contributed by atoms with Crippen LogP contribution in [0, 0.1) is 20.8 Å². The number of hydrogen-bond acceptors (Lipinski definition) is 8. The lowest BCUT2D eigenvalue weighted by molar-refractivity contribution is -0.204. The third-order valence-corrected chi connectivity index (χ3v) is 6.56. The molecule has 0 aliphatic carbocycles. The quantitative estimate of drug-likeness (QED) is 0.628. The fourth-order valence-corrected chi connectivity index (χ4v) is 4.78. The molecule has 0 radical (unpaired) electrons. The summed E-state index contributed by atoms with van der Waals surface area (Å²) in [5.74, 6) is -4.23. The number of carbonyl (C=O) groups excluding carboxylic acids is 3. The van der Waals surface area contributed by atoms with Gasteiger partial charge >= 0.3 is 17.7 Å². The van der Waals surface area contributed by atoms with E-state index in [-0.39, 0.29) is 11.3 Å². The number of hydrogen-bond donors (Lipinski definition) is 0. The predicted molar refractivity (Wildman–Crippen MR) is 121 cm³/mol. The monoisotopic (exact) mass is 461 g/mol. The average molecular weight is 461 g/mol. The number of esters is 2. The van der Waals surface area contributed by atoms with Crippen molar-refractivity contribution in [2.75, 3.05) is 14.2 Å². The summed E-state index contributed by atoms with van der Waals surface area (Å²) in [7, 11) is 2.37. The largest absolute Gasteiger partial charge is 0.465 e. The smallest absolute Gasteiger partial charge is 0.355 e. The van der Waals surface area contributed by atoms with Crippen LogP contribution in [0.5, 0.6) is 5.75 Å². The molecule has 3 heterocycles. The lowest BCUT2D eigenvalue weighted by atomic mass is 9.89. The van der Waals surface area contributed by atoms with Crippen molar-refractivity contribution in [3.05, 3.63) is 81.2 Å². The van der Waals surface area contributed by atoms with Gasteiger partial charge in [0.05, 0.1) is 19.8 Å². The van der Waals surface area contributed by atoms with Crippen LogP contribution in [-0.4, -0.2) is 42.6 Å². The lowest BCUT2D eigenvalue weighted by Gasteiger charge is -2.45. The second kappa shape index (κ2) is 7.56. The Morgan fingerprint density at radius 1 is 1.03 bits per heavy atom. The lowest BCUT2D eigenvalue weighted by Crippen LogP contribution is -2.56. The van der Waals surface area contributed by atoms with Crippen LogP contribution in [0.25, 0.3) is 6.08 Å². The maximum atomic E-state index is 14.1. The molecule has 5 rings (SSSR count). The minimum atomic E-state index is -2.22. The third kappa shape index (κ3) is 2.78. The van der Waals surface area contributed by atoms with Gasteiger partial charge in [-0.3, -0.25) is 4.79 Å². The van der Waals surface area contributed by atoms with Crippen LogP contribution in [0.2, 0.25) is 0 Å². The Bertz CT molecular complexity index is 1340. The molecular formula is C26H23NO7. The number of ketones is 1. The second-order valence-electron chi connectivity index (χ2n) is 8.42. The van der Waals surface area contributed by atoms with E-state index in [0.717, 1.165) is 16.7 Å². The van der Waals surface area contributed by atoms with E-state index < -0.39 is 29.7 Å². The zero-order chi connectivity index (χ0) is 24.4. The van der Waals surface area contributed by atoms with E-state index in [1.54, 1.807) is 19.2 Å². The first-order chi connectivity index (χ1) is 16.2. The Morgan fingerprint density at radius 3 is 2.44 bits per heavy atom. The van der Waals surface area contributed by atoms with Crippen LogP contribution < -0.4 is 4.74 Å². The summed E-state index contributed by atoms with van der Waals surface area (Å²) in [6.45, 7) is 5.53. The zero-order valence-electron chi connectivity index (χ0n) is 19.4. The number of methoxy groups -OCH3 is 2. The van der Waals surface area contributed by atoms with Crippen LogP contribution in [0.3, 0.4) is 0 Å². The van der Waals surface area contributed by atoms with Gasteiger partial charge in [-0.15, -0.1) is 0 Å². The second-order valence-corrected chi connectivity index (χ2v) is 8.42. The van der Waals surface area contributed by atoms with Gasteiger partial charge in [-0.05, 0) is 49.1 Å². The first-order valence-electron chi connectivity index (χ1n) is 10.7. The van der Waals surface area contributed by atoms with Gasteiger partial charge in [0.1, 0.15) is 17.0 Å². The molecule has 0 fully saturated rings. The number of benzene rings is 2. The summed E-state index contributed by atoms with van der Waals surface area (Å²) >= 11 is 0. The van der Waals surface area contributed by atoms with Crippen molar-refractivity contribution >= 4 is 23.8 Å². The van der Waals surface area contributed by atoms with Crippen LogP contribution >= 0.6 is 0 Å². The summed E-state index contributed by atoms with van der Waals surface area (Å²) < 4.78 is 22.7. The van der Waals surface area contributed by atoms with Crippen LogP contribution in [0.15, 0.2) is 47.8 Å². The Labute approximate surface area is 196 Å². The van der Waals surface area contributed by atoms with Crippen molar-refractivity contribution in [3.8, 4) is 5.75 Å². The zero-order valence-corrected chi connectivity index (χ0v) is 19.4. The molecule has 0 aromatic heterocycles. The molecule has 3 aliphatic heterocycles. The van der Waals surface area contributed by atoms with Gasteiger partial charge in [0.15, 0.2) is 6.23 Å². The molecule has 8 nitrogen and oxygen atoms in total. The number of aryl methyl sites for hydroxylation is 2. The highest BCUT2D eigenvalue weighted by atomic mass is 16.7. The Hall–Kier alpha value is -3.91. The van der Waals surface area contributed by atoms with Crippen molar-refractivity contribution in [2.24, 2.45) is 0 Å². The summed E-state index contributed by atoms with van der Waals surface area (Å²) in [6.07, 6.45) is 2.47. The highest BCUT2D eigenvalue weighted by Crippen LogP contribution is 2.52. The summed E-state index contributed by atoms with van der Waals surface area (Å²) in [5, 5.41) is 0. The average Bonchev–Trinajstić information content (AvgIpc) is 3.13. The van der Waals surface area contributed by atoms with Gasteiger partial charge in [0, 0.05) is 11.8 Å². The number of fused-ring (bicyclic) bond motifs is 4. The fourth-order valence-electron chi connectivity index (χ4n) is 4.78. The van der Waals surface area contributed by atoms with E-state index in [4.69, 9.17) is 18.9 Å². The van der Waals surface area contributed by atoms with Crippen molar-refractivity contribution in [2.45, 2.75) is 32.8 Å². The maximum absolute atomic E-state index is 14.1. The molecule has 34 heavy (non-hydrogen) atoms. The van der Waals surface area contributed by atoms with E-state index in [1.165, 1.54) is 19.1 Å². The molecule has 1 spiro atoms. The van der Waals surface area contributed by atoms with Gasteiger partial charge in [-0.1, -0.05) is 30.3 Å². The Kier molecular flexibility index (Phi) is 4.87. The van der Waals surface area contributed by atoms with E-state index in [9.17, 15) is 14.4 Å². The highest BCUT2D eigenvalue weighted by Gasteiger charge is 2.63.